The summed E-state index contributed by atoms with van der Waals surface area (Å²) in [6, 6.07) is 7.26. The van der Waals surface area contributed by atoms with E-state index in [0.717, 1.165) is 6.07 Å². The van der Waals surface area contributed by atoms with Crippen molar-refractivity contribution in [2.45, 2.75) is 23.8 Å². The Morgan fingerprint density at radius 1 is 1.42 bits per heavy atom. The van der Waals surface area contributed by atoms with Gasteiger partial charge in [0.2, 0.25) is 16.2 Å². The number of hydrogen-bond donors (Lipinski definition) is 2. The molecule has 0 bridgehead atoms. The van der Waals surface area contributed by atoms with Crippen molar-refractivity contribution in [2.24, 2.45) is 0 Å². The van der Waals surface area contributed by atoms with Crippen molar-refractivity contribution in [1.29, 1.82) is 5.41 Å². The Hall–Kier alpha value is -2.72. The minimum Gasteiger partial charge on any atom is -0.423 e. The number of hydrogen-bond acceptors (Lipinski definition) is 7. The summed E-state index contributed by atoms with van der Waals surface area (Å²) in [5.41, 5.74) is -0.253. The molecule has 2 N–H and O–H groups in total. The molecule has 1 aromatic carbocycles. The Balaban J connectivity index is 2.68. The second kappa shape index (κ2) is 6.81. The summed E-state index contributed by atoms with van der Waals surface area (Å²) in [7, 11) is -4.04. The minimum atomic E-state index is -4.04. The molecule has 24 heavy (non-hydrogen) atoms. The number of rotatable bonds is 6. The van der Waals surface area contributed by atoms with Gasteiger partial charge in [0.1, 0.15) is 0 Å². The number of carbonyl (C=O) groups is 1. The van der Waals surface area contributed by atoms with Crippen molar-refractivity contribution in [3.8, 4) is 0 Å². The maximum atomic E-state index is 12.8. The van der Waals surface area contributed by atoms with Crippen LogP contribution in [0, 0.1) is 12.3 Å². The number of carbonyl (C=O) groups excluding carboxylic acids is 1. The van der Waals surface area contributed by atoms with Gasteiger partial charge < -0.3 is 5.21 Å². The van der Waals surface area contributed by atoms with Crippen molar-refractivity contribution < 1.29 is 23.3 Å². The predicted octanol–water partition coefficient (Wildman–Crippen LogP) is 0.655. The summed E-state index contributed by atoms with van der Waals surface area (Å²) < 4.78 is 25.8. The van der Waals surface area contributed by atoms with Gasteiger partial charge in [0, 0.05) is 6.07 Å². The van der Waals surface area contributed by atoms with Crippen LogP contribution in [0.1, 0.15) is 12.5 Å². The topological polar surface area (TPSA) is 126 Å². The lowest BCUT2D eigenvalue weighted by molar-refractivity contribution is -0.114. The van der Waals surface area contributed by atoms with Gasteiger partial charge in [-0.15, -0.1) is 4.73 Å². The third kappa shape index (κ3) is 3.14. The summed E-state index contributed by atoms with van der Waals surface area (Å²) in [5.74, 6) is -0.348. The first kappa shape index (κ1) is 17.6. The van der Waals surface area contributed by atoms with Gasteiger partial charge in [-0.1, -0.05) is 18.2 Å². The highest BCUT2D eigenvalue weighted by atomic mass is 32.2. The number of hydroxylamine groups is 1. The average molecular weight is 352 g/mol. The molecule has 0 aliphatic rings. The second-order valence-electron chi connectivity index (χ2n) is 4.71. The van der Waals surface area contributed by atoms with Crippen LogP contribution in [0.4, 0.5) is 5.82 Å². The molecule has 0 unspecified atom stereocenters. The zero-order valence-corrected chi connectivity index (χ0v) is 13.8. The van der Waals surface area contributed by atoms with Gasteiger partial charge in [-0.05, 0) is 25.5 Å². The molecule has 0 atom stereocenters. The number of sulfone groups is 1. The monoisotopic (exact) mass is 352 g/mol. The Bertz CT molecular complexity index is 923. The normalized spacial score (nSPS) is 11.2. The fourth-order valence-corrected chi connectivity index (χ4v) is 3.46. The van der Waals surface area contributed by atoms with Crippen LogP contribution in [-0.2, 0) is 19.5 Å². The standard InChI is InChI=1S/C14H16N4O5S/c1-3-23-17(9-19)13-8-12(16-14(15)18(13)20)24(21,22)11-7-5-4-6-10(11)2/h4-9,15,20H,3H2,1-2H3. The minimum absolute atomic E-state index is 0.0209. The van der Waals surface area contributed by atoms with E-state index in [2.05, 4.69) is 4.98 Å². The second-order valence-corrected chi connectivity index (χ2v) is 6.57. The third-order valence-corrected chi connectivity index (χ3v) is 4.93. The number of nitrogens with zero attached hydrogens (tertiary/aromatic N) is 3. The molecule has 0 aliphatic heterocycles. The van der Waals surface area contributed by atoms with Crippen LogP contribution in [-0.4, -0.2) is 36.4 Å². The van der Waals surface area contributed by atoms with E-state index in [1.165, 1.54) is 6.07 Å². The summed E-state index contributed by atoms with van der Waals surface area (Å²) >= 11 is 0. The van der Waals surface area contributed by atoms with E-state index in [1.54, 1.807) is 32.0 Å². The van der Waals surface area contributed by atoms with E-state index < -0.39 is 20.5 Å². The quantitative estimate of drug-likeness (QED) is 0.340. The smallest absolute Gasteiger partial charge is 0.258 e. The maximum Gasteiger partial charge on any atom is 0.258 e. The highest BCUT2D eigenvalue weighted by Gasteiger charge is 2.25. The van der Waals surface area contributed by atoms with Crippen LogP contribution in [0.5, 0.6) is 0 Å². The fourth-order valence-electron chi connectivity index (χ4n) is 2.02. The van der Waals surface area contributed by atoms with Gasteiger partial charge in [0.15, 0.2) is 10.8 Å². The Morgan fingerprint density at radius 3 is 2.67 bits per heavy atom. The summed E-state index contributed by atoms with van der Waals surface area (Å²) in [5, 5.41) is 17.6. The van der Waals surface area contributed by atoms with Crippen LogP contribution in [0.15, 0.2) is 40.3 Å². The largest absolute Gasteiger partial charge is 0.423 e. The molecule has 2 aromatic rings. The Labute approximate surface area is 138 Å². The molecule has 128 valence electrons. The van der Waals surface area contributed by atoms with Gasteiger partial charge in [-0.25, -0.2) is 8.42 Å². The first-order chi connectivity index (χ1) is 11.3. The van der Waals surface area contributed by atoms with Gasteiger partial charge in [-0.2, -0.15) is 10.0 Å². The molecule has 9 nitrogen and oxygen atoms in total. The van der Waals surface area contributed by atoms with E-state index in [0.29, 0.717) is 10.6 Å². The van der Waals surface area contributed by atoms with E-state index in [1.807, 2.05) is 0 Å². The van der Waals surface area contributed by atoms with E-state index in [4.69, 9.17) is 10.2 Å². The molecule has 0 aliphatic carbocycles. The van der Waals surface area contributed by atoms with Crippen molar-refractivity contribution in [1.82, 2.24) is 9.71 Å². The Morgan fingerprint density at radius 2 is 2.08 bits per heavy atom. The first-order valence-electron chi connectivity index (χ1n) is 6.89. The van der Waals surface area contributed by atoms with E-state index in [9.17, 15) is 18.4 Å². The molecule has 0 saturated heterocycles. The van der Waals surface area contributed by atoms with Crippen LogP contribution in [0.2, 0.25) is 0 Å². The summed E-state index contributed by atoms with van der Waals surface area (Å²) in [4.78, 5) is 19.7. The highest BCUT2D eigenvalue weighted by Crippen LogP contribution is 2.23. The summed E-state index contributed by atoms with van der Waals surface area (Å²) in [6.45, 7) is 3.32. The molecule has 0 radical (unpaired) electrons. The summed E-state index contributed by atoms with van der Waals surface area (Å²) in [6.07, 6.45) is 0.245. The van der Waals surface area contributed by atoms with Gasteiger partial charge >= 0.3 is 0 Å². The zero-order valence-electron chi connectivity index (χ0n) is 13.0. The van der Waals surface area contributed by atoms with Crippen molar-refractivity contribution in [3.05, 3.63) is 41.5 Å². The maximum absolute atomic E-state index is 12.8. The fraction of sp³-hybridized carbons (Fsp3) is 0.214. The van der Waals surface area contributed by atoms with Crippen LogP contribution in [0.3, 0.4) is 0 Å². The molecular formula is C14H16N4O5S. The number of benzene rings is 1. The number of nitrogens with one attached hydrogen (secondary N) is 1. The van der Waals surface area contributed by atoms with Gasteiger partial charge in [0.25, 0.3) is 5.62 Å². The van der Waals surface area contributed by atoms with Crippen LogP contribution in [0.25, 0.3) is 0 Å². The lowest BCUT2D eigenvalue weighted by Gasteiger charge is -2.18. The molecule has 1 aromatic heterocycles. The SMILES string of the molecule is CCON(C=O)c1cc(S(=O)(=O)c2ccccc2C)nc(=N)n1O. The van der Waals surface area contributed by atoms with E-state index in [-0.39, 0.29) is 28.5 Å². The molecule has 10 heteroatoms. The highest BCUT2D eigenvalue weighted by molar-refractivity contribution is 7.91. The number of anilines is 1. The number of aryl methyl sites for hydroxylation is 1. The average Bonchev–Trinajstić information content (AvgIpc) is 2.55. The first-order valence-corrected chi connectivity index (χ1v) is 8.37. The lowest BCUT2D eigenvalue weighted by atomic mass is 10.2. The molecule has 1 amide bonds. The Kier molecular flexibility index (Phi) is 5.00. The molecule has 0 saturated carbocycles. The number of aromatic nitrogens is 2. The van der Waals surface area contributed by atoms with Crippen molar-refractivity contribution in [2.75, 3.05) is 11.7 Å². The molecule has 2 rings (SSSR count). The molecule has 0 spiro atoms. The zero-order chi connectivity index (χ0) is 17.9. The van der Waals surface area contributed by atoms with Gasteiger partial charge in [-0.3, -0.25) is 15.0 Å². The number of amides is 1. The van der Waals surface area contributed by atoms with E-state index >= 15 is 0 Å². The molecular weight excluding hydrogens is 336 g/mol. The van der Waals surface area contributed by atoms with Crippen LogP contribution < -0.4 is 10.7 Å². The van der Waals surface area contributed by atoms with Crippen molar-refractivity contribution in [3.63, 3.8) is 0 Å². The molecule has 1 heterocycles. The van der Waals surface area contributed by atoms with Gasteiger partial charge in [0.05, 0.1) is 11.5 Å². The van der Waals surface area contributed by atoms with Crippen LogP contribution >= 0.6 is 0 Å². The molecule has 0 fully saturated rings. The predicted molar refractivity (Wildman–Crippen MR) is 82.1 cm³/mol. The third-order valence-electron chi connectivity index (χ3n) is 3.13. The lowest BCUT2D eigenvalue weighted by Crippen LogP contribution is -2.32. The van der Waals surface area contributed by atoms with Crippen molar-refractivity contribution >= 4 is 22.1 Å².